The van der Waals surface area contributed by atoms with Crippen LogP contribution in [-0.2, 0) is 4.79 Å². The molecular weight excluding hydrogens is 148 g/mol. The minimum absolute atomic E-state index is 0.163. The maximum atomic E-state index is 11.0. The summed E-state index contributed by atoms with van der Waals surface area (Å²) >= 11 is 5.83. The summed E-state index contributed by atoms with van der Waals surface area (Å²) in [5, 5.41) is -0.269. The summed E-state index contributed by atoms with van der Waals surface area (Å²) in [4.78, 5) is 11.0. The molecule has 2 unspecified atom stereocenters. The lowest BCUT2D eigenvalue weighted by Crippen LogP contribution is -2.20. The number of halogens is 1. The molecule has 0 aromatic rings. The summed E-state index contributed by atoms with van der Waals surface area (Å²) in [5.74, 6) is 0.477. The Kier molecular flexibility index (Phi) is 4.71. The van der Waals surface area contributed by atoms with Crippen LogP contribution in [-0.4, -0.2) is 11.2 Å². The monoisotopic (exact) mass is 162 g/mol. The van der Waals surface area contributed by atoms with E-state index < -0.39 is 0 Å². The largest absolute Gasteiger partial charge is 0.298 e. The molecule has 0 fully saturated rings. The van der Waals surface area contributed by atoms with E-state index in [1.165, 1.54) is 0 Å². The quantitative estimate of drug-likeness (QED) is 0.581. The van der Waals surface area contributed by atoms with Crippen LogP contribution in [0.4, 0.5) is 0 Å². The van der Waals surface area contributed by atoms with Gasteiger partial charge in [-0.05, 0) is 5.92 Å². The Labute approximate surface area is 67.8 Å². The lowest BCUT2D eigenvalue weighted by molar-refractivity contribution is -0.119. The topological polar surface area (TPSA) is 17.1 Å². The van der Waals surface area contributed by atoms with Crippen molar-refractivity contribution in [1.82, 2.24) is 0 Å². The zero-order valence-electron chi connectivity index (χ0n) is 6.86. The second kappa shape index (κ2) is 4.73. The fourth-order valence-corrected chi connectivity index (χ4v) is 1.05. The molecule has 0 radical (unpaired) electrons. The number of hydrogen-bond acceptors (Lipinski definition) is 1. The van der Waals surface area contributed by atoms with E-state index in [0.717, 1.165) is 6.42 Å². The molecule has 0 amide bonds. The van der Waals surface area contributed by atoms with E-state index in [9.17, 15) is 4.79 Å². The van der Waals surface area contributed by atoms with Crippen LogP contribution in [0.15, 0.2) is 0 Å². The summed E-state index contributed by atoms with van der Waals surface area (Å²) < 4.78 is 0. The molecule has 0 aliphatic heterocycles. The Morgan fingerprint density at radius 2 is 2.00 bits per heavy atom. The Bertz CT molecular complexity index is 112. The number of hydrogen-bond donors (Lipinski definition) is 0. The Hall–Kier alpha value is -0.0400. The van der Waals surface area contributed by atoms with Gasteiger partial charge < -0.3 is 0 Å². The molecule has 2 heteroatoms. The number of Topliss-reactive ketones (excluding diaryl/α,β-unsaturated/α-hetero) is 1. The van der Waals surface area contributed by atoms with Gasteiger partial charge >= 0.3 is 0 Å². The van der Waals surface area contributed by atoms with Gasteiger partial charge in [-0.3, -0.25) is 4.79 Å². The molecule has 0 heterocycles. The van der Waals surface area contributed by atoms with E-state index >= 15 is 0 Å². The molecule has 0 N–H and O–H groups in total. The summed E-state index contributed by atoms with van der Waals surface area (Å²) in [6.07, 6.45) is 1.53. The third-order valence-corrected chi connectivity index (χ3v) is 2.47. The van der Waals surface area contributed by atoms with Crippen LogP contribution in [0.25, 0.3) is 0 Å². The Morgan fingerprint density at radius 3 is 2.30 bits per heavy atom. The van der Waals surface area contributed by atoms with Crippen molar-refractivity contribution in [1.29, 1.82) is 0 Å². The highest BCUT2D eigenvalue weighted by Crippen LogP contribution is 2.15. The van der Waals surface area contributed by atoms with Gasteiger partial charge in [-0.2, -0.15) is 0 Å². The highest BCUT2D eigenvalue weighted by Gasteiger charge is 2.18. The van der Waals surface area contributed by atoms with Gasteiger partial charge in [0.15, 0.2) is 5.78 Å². The average Bonchev–Trinajstić information content (AvgIpc) is 2.00. The van der Waals surface area contributed by atoms with Gasteiger partial charge in [0.2, 0.25) is 0 Å². The second-order valence-electron chi connectivity index (χ2n) is 2.61. The molecule has 1 nitrogen and oxygen atoms in total. The van der Waals surface area contributed by atoms with E-state index in [1.54, 1.807) is 0 Å². The van der Waals surface area contributed by atoms with Gasteiger partial charge in [-0.15, -0.1) is 11.6 Å². The SMILES string of the molecule is CCC(=O)C(Cl)C(C)CC. The normalized spacial score (nSPS) is 16.4. The second-order valence-corrected chi connectivity index (χ2v) is 3.08. The third kappa shape index (κ3) is 2.70. The van der Waals surface area contributed by atoms with Crippen LogP contribution >= 0.6 is 11.6 Å². The first kappa shape index (κ1) is 9.96. The molecule has 10 heavy (non-hydrogen) atoms. The van der Waals surface area contributed by atoms with Crippen molar-refractivity contribution in [3.63, 3.8) is 0 Å². The van der Waals surface area contributed by atoms with Crippen molar-refractivity contribution < 1.29 is 4.79 Å². The van der Waals surface area contributed by atoms with Crippen molar-refractivity contribution in [2.45, 2.75) is 39.0 Å². The molecule has 0 aliphatic rings. The predicted molar refractivity (Wildman–Crippen MR) is 44.4 cm³/mol. The van der Waals surface area contributed by atoms with E-state index in [2.05, 4.69) is 0 Å². The van der Waals surface area contributed by atoms with E-state index in [4.69, 9.17) is 11.6 Å². The van der Waals surface area contributed by atoms with Crippen molar-refractivity contribution >= 4 is 17.4 Å². The summed E-state index contributed by atoms with van der Waals surface area (Å²) in [7, 11) is 0. The zero-order valence-corrected chi connectivity index (χ0v) is 7.61. The molecule has 0 saturated carbocycles. The average molecular weight is 163 g/mol. The zero-order chi connectivity index (χ0) is 8.15. The first-order valence-corrected chi connectivity index (χ1v) is 4.23. The van der Waals surface area contributed by atoms with Crippen molar-refractivity contribution in [3.8, 4) is 0 Å². The van der Waals surface area contributed by atoms with Crippen molar-refractivity contribution in [3.05, 3.63) is 0 Å². The Morgan fingerprint density at radius 1 is 1.50 bits per heavy atom. The molecule has 0 aromatic carbocycles. The smallest absolute Gasteiger partial charge is 0.150 e. The first-order chi connectivity index (χ1) is 4.63. The maximum absolute atomic E-state index is 11.0. The van der Waals surface area contributed by atoms with Crippen LogP contribution in [0.3, 0.4) is 0 Å². The number of carbonyl (C=O) groups is 1. The molecule has 0 rings (SSSR count). The van der Waals surface area contributed by atoms with Crippen LogP contribution in [0.5, 0.6) is 0 Å². The van der Waals surface area contributed by atoms with Crippen LogP contribution in [0, 0.1) is 5.92 Å². The summed E-state index contributed by atoms with van der Waals surface area (Å²) in [5.41, 5.74) is 0. The highest BCUT2D eigenvalue weighted by atomic mass is 35.5. The van der Waals surface area contributed by atoms with Gasteiger partial charge in [0.05, 0.1) is 5.38 Å². The van der Waals surface area contributed by atoms with Crippen molar-refractivity contribution in [2.24, 2.45) is 5.92 Å². The molecule has 0 bridgehead atoms. The fraction of sp³-hybridized carbons (Fsp3) is 0.875. The van der Waals surface area contributed by atoms with Crippen LogP contribution in [0.2, 0.25) is 0 Å². The highest BCUT2D eigenvalue weighted by molar-refractivity contribution is 6.31. The molecule has 0 aliphatic carbocycles. The van der Waals surface area contributed by atoms with Crippen molar-refractivity contribution in [2.75, 3.05) is 0 Å². The third-order valence-electron chi connectivity index (χ3n) is 1.80. The van der Waals surface area contributed by atoms with Gasteiger partial charge in [-0.1, -0.05) is 27.2 Å². The number of alkyl halides is 1. The molecule has 0 aromatic heterocycles. The molecule has 0 saturated heterocycles. The molecule has 2 atom stereocenters. The lowest BCUT2D eigenvalue weighted by Gasteiger charge is -2.13. The van der Waals surface area contributed by atoms with Gasteiger partial charge in [0, 0.05) is 6.42 Å². The lowest BCUT2D eigenvalue weighted by atomic mass is 10.0. The number of carbonyl (C=O) groups excluding carboxylic acids is 1. The molecule has 60 valence electrons. The minimum Gasteiger partial charge on any atom is -0.298 e. The summed E-state index contributed by atoms with van der Waals surface area (Å²) in [6, 6.07) is 0. The minimum atomic E-state index is -0.269. The Balaban J connectivity index is 3.81. The van der Waals surface area contributed by atoms with E-state index in [-0.39, 0.29) is 11.2 Å². The van der Waals surface area contributed by atoms with Crippen LogP contribution in [0.1, 0.15) is 33.6 Å². The standard InChI is InChI=1S/C8H15ClO/c1-4-6(3)8(9)7(10)5-2/h6,8H,4-5H2,1-3H3. The number of ketones is 1. The fourth-order valence-electron chi connectivity index (χ4n) is 0.719. The number of rotatable bonds is 4. The summed E-state index contributed by atoms with van der Waals surface area (Å²) in [6.45, 7) is 5.90. The maximum Gasteiger partial charge on any atom is 0.150 e. The van der Waals surface area contributed by atoms with Crippen LogP contribution < -0.4 is 0 Å². The van der Waals surface area contributed by atoms with E-state index in [1.807, 2.05) is 20.8 Å². The van der Waals surface area contributed by atoms with Gasteiger partial charge in [-0.25, -0.2) is 0 Å². The molecule has 0 spiro atoms. The molecular formula is C8H15ClO. The van der Waals surface area contributed by atoms with Gasteiger partial charge in [0.25, 0.3) is 0 Å². The predicted octanol–water partition coefficient (Wildman–Crippen LogP) is 2.62. The van der Waals surface area contributed by atoms with Gasteiger partial charge in [0.1, 0.15) is 0 Å². The first-order valence-electron chi connectivity index (χ1n) is 3.80. The van der Waals surface area contributed by atoms with E-state index in [0.29, 0.717) is 12.3 Å².